The van der Waals surface area contributed by atoms with Gasteiger partial charge >= 0.3 is 0 Å². The van der Waals surface area contributed by atoms with Gasteiger partial charge in [-0.05, 0) is 49.2 Å². The van der Waals surface area contributed by atoms with Crippen molar-refractivity contribution in [3.05, 3.63) is 54.1 Å². The number of hydrogen-bond donors (Lipinski definition) is 1. The maximum Gasteiger partial charge on any atom is 0.265 e. The zero-order valence-electron chi connectivity index (χ0n) is 16.6. The van der Waals surface area contributed by atoms with Crippen molar-refractivity contribution < 1.29 is 22.7 Å². The van der Waals surface area contributed by atoms with Crippen LogP contribution in [0.5, 0.6) is 5.75 Å². The predicted octanol–water partition coefficient (Wildman–Crippen LogP) is 2.68. The van der Waals surface area contributed by atoms with Crippen molar-refractivity contribution in [2.45, 2.75) is 31.3 Å². The number of rotatable bonds is 7. The largest absolute Gasteiger partial charge is 0.481 e. The summed E-state index contributed by atoms with van der Waals surface area (Å²) < 4.78 is 37.7. The van der Waals surface area contributed by atoms with Gasteiger partial charge in [-0.15, -0.1) is 0 Å². The Morgan fingerprint density at radius 2 is 1.79 bits per heavy atom. The maximum absolute atomic E-state index is 12.7. The molecule has 0 spiro atoms. The average Bonchev–Trinajstić information content (AvgIpc) is 2.75. The van der Waals surface area contributed by atoms with E-state index in [4.69, 9.17) is 9.47 Å². The van der Waals surface area contributed by atoms with E-state index < -0.39 is 16.1 Å². The Balaban J connectivity index is 1.63. The molecule has 0 saturated carbocycles. The van der Waals surface area contributed by atoms with E-state index in [1.807, 2.05) is 31.2 Å². The molecule has 2 aromatic carbocycles. The molecule has 3 rings (SSSR count). The molecule has 0 radical (unpaired) electrons. The second kappa shape index (κ2) is 9.39. The Hall–Kier alpha value is -2.42. The molecule has 29 heavy (non-hydrogen) atoms. The van der Waals surface area contributed by atoms with Gasteiger partial charge in [-0.25, -0.2) is 8.42 Å². The van der Waals surface area contributed by atoms with Gasteiger partial charge in [-0.3, -0.25) is 4.79 Å². The minimum absolute atomic E-state index is 0.193. The molecule has 0 bridgehead atoms. The normalized spacial score (nSPS) is 16.2. The highest BCUT2D eigenvalue weighted by atomic mass is 32.2. The van der Waals surface area contributed by atoms with Crippen LogP contribution in [-0.2, 0) is 26.0 Å². The number of nitrogens with zero attached hydrogens (tertiary/aromatic N) is 1. The van der Waals surface area contributed by atoms with E-state index in [0.717, 1.165) is 12.0 Å². The number of carbonyl (C=O) groups is 1. The van der Waals surface area contributed by atoms with Crippen molar-refractivity contribution in [2.24, 2.45) is 0 Å². The van der Waals surface area contributed by atoms with Gasteiger partial charge < -0.3 is 14.8 Å². The van der Waals surface area contributed by atoms with Crippen LogP contribution in [-0.4, -0.2) is 51.0 Å². The lowest BCUT2D eigenvalue weighted by Crippen LogP contribution is -2.40. The summed E-state index contributed by atoms with van der Waals surface area (Å²) in [5, 5.41) is 2.77. The first-order valence-corrected chi connectivity index (χ1v) is 11.1. The van der Waals surface area contributed by atoms with Gasteiger partial charge in [0.25, 0.3) is 5.91 Å². The molecule has 0 unspecified atom stereocenters. The van der Waals surface area contributed by atoms with Crippen LogP contribution in [0.25, 0.3) is 0 Å². The number of sulfonamides is 1. The van der Waals surface area contributed by atoms with Crippen LogP contribution < -0.4 is 10.1 Å². The molecule has 1 N–H and O–H groups in total. The van der Waals surface area contributed by atoms with E-state index in [9.17, 15) is 13.2 Å². The Labute approximate surface area is 171 Å². The third kappa shape index (κ3) is 5.14. The van der Waals surface area contributed by atoms with Crippen molar-refractivity contribution in [3.63, 3.8) is 0 Å². The first-order chi connectivity index (χ1) is 13.9. The number of morpholine rings is 1. The van der Waals surface area contributed by atoms with Gasteiger partial charge in [0.05, 0.1) is 18.1 Å². The van der Waals surface area contributed by atoms with Gasteiger partial charge in [-0.2, -0.15) is 4.31 Å². The standard InChI is InChI=1S/C21H26N2O5S/c1-3-17-6-4-5-7-20(17)28-16(2)21(24)22-18-8-10-19(11-9-18)29(25,26)23-12-14-27-15-13-23/h4-11,16H,3,12-15H2,1-2H3,(H,22,24)/t16-/m1/s1. The van der Waals surface area contributed by atoms with Crippen LogP contribution in [0.4, 0.5) is 5.69 Å². The van der Waals surface area contributed by atoms with Gasteiger partial charge in [0.15, 0.2) is 6.10 Å². The lowest BCUT2D eigenvalue weighted by Gasteiger charge is -2.26. The SMILES string of the molecule is CCc1ccccc1O[C@H](C)C(=O)Nc1ccc(S(=O)(=O)N2CCOCC2)cc1. The molecule has 1 saturated heterocycles. The second-order valence-corrected chi connectivity index (χ2v) is 8.69. The third-order valence-electron chi connectivity index (χ3n) is 4.76. The van der Waals surface area contributed by atoms with E-state index in [1.165, 1.54) is 16.4 Å². The Bertz CT molecular complexity index is 938. The topological polar surface area (TPSA) is 84.9 Å². The molecule has 0 aromatic heterocycles. The van der Waals surface area contributed by atoms with Gasteiger partial charge in [-0.1, -0.05) is 25.1 Å². The number of ether oxygens (including phenoxy) is 2. The number of benzene rings is 2. The van der Waals surface area contributed by atoms with Crippen LogP contribution in [0.2, 0.25) is 0 Å². The summed E-state index contributed by atoms with van der Waals surface area (Å²) in [6, 6.07) is 13.8. The summed E-state index contributed by atoms with van der Waals surface area (Å²) in [6.07, 6.45) is 0.114. The first-order valence-electron chi connectivity index (χ1n) is 9.65. The molecule has 1 fully saturated rings. The van der Waals surface area contributed by atoms with Gasteiger partial charge in [0.1, 0.15) is 5.75 Å². The molecule has 1 aliphatic heterocycles. The molecule has 1 aliphatic rings. The second-order valence-electron chi connectivity index (χ2n) is 6.75. The summed E-state index contributed by atoms with van der Waals surface area (Å²) in [5.41, 5.74) is 1.54. The zero-order valence-corrected chi connectivity index (χ0v) is 17.4. The van der Waals surface area contributed by atoms with Crippen LogP contribution >= 0.6 is 0 Å². The average molecular weight is 419 g/mol. The Morgan fingerprint density at radius 1 is 1.14 bits per heavy atom. The number of amides is 1. The fourth-order valence-electron chi connectivity index (χ4n) is 3.05. The molecule has 1 heterocycles. The Morgan fingerprint density at radius 3 is 2.45 bits per heavy atom. The van der Waals surface area contributed by atoms with E-state index in [1.54, 1.807) is 19.1 Å². The highest BCUT2D eigenvalue weighted by molar-refractivity contribution is 7.89. The van der Waals surface area contributed by atoms with E-state index in [0.29, 0.717) is 37.7 Å². The number of aryl methyl sites for hydroxylation is 1. The lowest BCUT2D eigenvalue weighted by atomic mass is 10.1. The molecule has 0 aliphatic carbocycles. The van der Waals surface area contributed by atoms with Gasteiger partial charge in [0.2, 0.25) is 10.0 Å². The minimum atomic E-state index is -3.56. The minimum Gasteiger partial charge on any atom is -0.481 e. The molecule has 2 aromatic rings. The lowest BCUT2D eigenvalue weighted by molar-refractivity contribution is -0.122. The number of anilines is 1. The van der Waals surface area contributed by atoms with Crippen molar-refractivity contribution in [3.8, 4) is 5.75 Å². The van der Waals surface area contributed by atoms with Crippen molar-refractivity contribution in [2.75, 3.05) is 31.6 Å². The molecule has 156 valence electrons. The fourth-order valence-corrected chi connectivity index (χ4v) is 4.45. The monoisotopic (exact) mass is 418 g/mol. The fraction of sp³-hybridized carbons (Fsp3) is 0.381. The third-order valence-corrected chi connectivity index (χ3v) is 6.67. The molecule has 7 nitrogen and oxygen atoms in total. The quantitative estimate of drug-likeness (QED) is 0.747. The number of para-hydroxylation sites is 1. The number of carbonyl (C=O) groups excluding carboxylic acids is 1. The summed E-state index contributed by atoms with van der Waals surface area (Å²) in [5.74, 6) is 0.379. The Kier molecular flexibility index (Phi) is 6.89. The maximum atomic E-state index is 12.7. The van der Waals surface area contributed by atoms with Gasteiger partial charge in [0, 0.05) is 18.8 Å². The molecular weight excluding hydrogens is 392 g/mol. The van der Waals surface area contributed by atoms with Crippen molar-refractivity contribution in [1.29, 1.82) is 0 Å². The molecular formula is C21H26N2O5S. The summed E-state index contributed by atoms with van der Waals surface area (Å²) in [7, 11) is -3.56. The van der Waals surface area contributed by atoms with E-state index in [2.05, 4.69) is 5.32 Å². The molecule has 1 amide bonds. The molecule has 1 atom stereocenters. The van der Waals surface area contributed by atoms with Crippen LogP contribution in [0, 0.1) is 0 Å². The highest BCUT2D eigenvalue weighted by Crippen LogP contribution is 2.22. The number of nitrogens with one attached hydrogen (secondary N) is 1. The van der Waals surface area contributed by atoms with Crippen molar-refractivity contribution in [1.82, 2.24) is 4.31 Å². The van der Waals surface area contributed by atoms with E-state index >= 15 is 0 Å². The smallest absolute Gasteiger partial charge is 0.265 e. The van der Waals surface area contributed by atoms with E-state index in [-0.39, 0.29) is 10.8 Å². The van der Waals surface area contributed by atoms with Crippen molar-refractivity contribution >= 4 is 21.6 Å². The van der Waals surface area contributed by atoms with Crippen LogP contribution in [0.15, 0.2) is 53.4 Å². The molecule has 8 heteroatoms. The van der Waals surface area contributed by atoms with Crippen LogP contribution in [0.3, 0.4) is 0 Å². The summed E-state index contributed by atoms with van der Waals surface area (Å²) >= 11 is 0. The predicted molar refractivity (Wildman–Crippen MR) is 111 cm³/mol. The highest BCUT2D eigenvalue weighted by Gasteiger charge is 2.26. The zero-order chi connectivity index (χ0) is 20.9. The summed E-state index contributed by atoms with van der Waals surface area (Å²) in [4.78, 5) is 12.7. The summed E-state index contributed by atoms with van der Waals surface area (Å²) in [6.45, 7) is 5.18. The first kappa shape index (κ1) is 21.3. The van der Waals surface area contributed by atoms with Crippen LogP contribution in [0.1, 0.15) is 19.4 Å². The number of hydrogen-bond acceptors (Lipinski definition) is 5.